The van der Waals surface area contributed by atoms with E-state index >= 15 is 0 Å². The molecule has 22 heavy (non-hydrogen) atoms. The Hall–Kier alpha value is -2.89. The Morgan fingerprint density at radius 3 is 2.86 bits per heavy atom. The van der Waals surface area contributed by atoms with Gasteiger partial charge in [-0.3, -0.25) is 14.7 Å². The lowest BCUT2D eigenvalue weighted by atomic mass is 10.2. The summed E-state index contributed by atoms with van der Waals surface area (Å²) in [4.78, 5) is 29.6. The SMILES string of the molecule is Cc1ccc(C(=O)Nc2cccc(N3CCNC3=O)c2)cn1. The topological polar surface area (TPSA) is 74.3 Å². The second kappa shape index (κ2) is 5.85. The van der Waals surface area contributed by atoms with Crippen molar-refractivity contribution in [3.63, 3.8) is 0 Å². The number of carbonyl (C=O) groups excluding carboxylic acids is 2. The maximum Gasteiger partial charge on any atom is 0.321 e. The van der Waals surface area contributed by atoms with Crippen molar-refractivity contribution in [1.82, 2.24) is 10.3 Å². The lowest BCUT2D eigenvalue weighted by Gasteiger charge is -2.15. The molecule has 3 amide bonds. The Bertz CT molecular complexity index is 712. The van der Waals surface area contributed by atoms with Crippen LogP contribution in [0.2, 0.25) is 0 Å². The number of nitrogens with one attached hydrogen (secondary N) is 2. The number of hydrogen-bond donors (Lipinski definition) is 2. The zero-order chi connectivity index (χ0) is 15.5. The van der Waals surface area contributed by atoms with Gasteiger partial charge < -0.3 is 10.6 Å². The summed E-state index contributed by atoms with van der Waals surface area (Å²) in [6.45, 7) is 3.12. The summed E-state index contributed by atoms with van der Waals surface area (Å²) in [5, 5.41) is 5.57. The Balaban J connectivity index is 1.76. The number of urea groups is 1. The molecule has 0 atom stereocenters. The number of nitrogens with zero attached hydrogens (tertiary/aromatic N) is 2. The Kier molecular flexibility index (Phi) is 3.74. The first-order chi connectivity index (χ1) is 10.6. The second-order valence-corrected chi connectivity index (χ2v) is 5.08. The number of amides is 3. The van der Waals surface area contributed by atoms with Gasteiger partial charge in [0.15, 0.2) is 0 Å². The molecular formula is C16H16N4O2. The molecule has 2 N–H and O–H groups in total. The van der Waals surface area contributed by atoms with Crippen LogP contribution in [-0.4, -0.2) is 30.0 Å². The first-order valence-corrected chi connectivity index (χ1v) is 7.03. The fourth-order valence-corrected chi connectivity index (χ4v) is 2.27. The first kappa shape index (κ1) is 14.1. The van der Waals surface area contributed by atoms with Crippen LogP contribution in [0.5, 0.6) is 0 Å². The number of aromatic nitrogens is 1. The van der Waals surface area contributed by atoms with Gasteiger partial charge in [-0.1, -0.05) is 6.07 Å². The van der Waals surface area contributed by atoms with Crippen molar-refractivity contribution >= 4 is 23.3 Å². The molecule has 2 aromatic rings. The molecule has 1 aliphatic heterocycles. The molecule has 0 radical (unpaired) electrons. The standard InChI is InChI=1S/C16H16N4O2/c1-11-5-6-12(10-18-11)15(21)19-13-3-2-4-14(9-13)20-8-7-17-16(20)22/h2-6,9-10H,7-8H2,1H3,(H,17,22)(H,19,21). The van der Waals surface area contributed by atoms with E-state index in [9.17, 15) is 9.59 Å². The van der Waals surface area contributed by atoms with Gasteiger partial charge in [0.25, 0.3) is 5.91 Å². The number of rotatable bonds is 3. The maximum atomic E-state index is 12.2. The van der Waals surface area contributed by atoms with Gasteiger partial charge in [0, 0.05) is 36.4 Å². The van der Waals surface area contributed by atoms with Crippen molar-refractivity contribution in [2.24, 2.45) is 0 Å². The molecule has 0 bridgehead atoms. The molecule has 0 aliphatic carbocycles. The van der Waals surface area contributed by atoms with Crippen molar-refractivity contribution in [2.75, 3.05) is 23.3 Å². The number of aryl methyl sites for hydroxylation is 1. The van der Waals surface area contributed by atoms with Crippen molar-refractivity contribution in [3.05, 3.63) is 53.9 Å². The molecule has 3 rings (SSSR count). The normalized spacial score (nSPS) is 13.9. The molecule has 6 heteroatoms. The van der Waals surface area contributed by atoms with Gasteiger partial charge in [0.1, 0.15) is 0 Å². The van der Waals surface area contributed by atoms with E-state index in [1.54, 1.807) is 35.4 Å². The zero-order valence-electron chi connectivity index (χ0n) is 12.2. The summed E-state index contributed by atoms with van der Waals surface area (Å²) in [5.41, 5.74) is 2.76. The van der Waals surface area contributed by atoms with Crippen molar-refractivity contribution in [2.45, 2.75) is 6.92 Å². The second-order valence-electron chi connectivity index (χ2n) is 5.08. The third kappa shape index (κ3) is 2.90. The van der Waals surface area contributed by atoms with Crippen LogP contribution in [0, 0.1) is 6.92 Å². The zero-order valence-corrected chi connectivity index (χ0v) is 12.2. The quantitative estimate of drug-likeness (QED) is 0.911. The van der Waals surface area contributed by atoms with E-state index in [4.69, 9.17) is 0 Å². The van der Waals surface area contributed by atoms with E-state index in [0.29, 0.717) is 24.3 Å². The number of hydrogen-bond acceptors (Lipinski definition) is 3. The van der Waals surface area contributed by atoms with Gasteiger partial charge >= 0.3 is 6.03 Å². The van der Waals surface area contributed by atoms with Gasteiger partial charge in [-0.25, -0.2) is 4.79 Å². The highest BCUT2D eigenvalue weighted by Crippen LogP contribution is 2.21. The number of benzene rings is 1. The van der Waals surface area contributed by atoms with Crippen LogP contribution in [0.1, 0.15) is 16.1 Å². The molecule has 0 unspecified atom stereocenters. The third-order valence-electron chi connectivity index (χ3n) is 3.45. The molecular weight excluding hydrogens is 280 g/mol. The molecule has 0 saturated carbocycles. The largest absolute Gasteiger partial charge is 0.336 e. The Morgan fingerprint density at radius 2 is 2.18 bits per heavy atom. The van der Waals surface area contributed by atoms with Gasteiger partial charge in [0.2, 0.25) is 0 Å². The lowest BCUT2D eigenvalue weighted by Crippen LogP contribution is -2.27. The maximum absolute atomic E-state index is 12.2. The average molecular weight is 296 g/mol. The average Bonchev–Trinajstić information content (AvgIpc) is 2.94. The van der Waals surface area contributed by atoms with Crippen molar-refractivity contribution in [3.8, 4) is 0 Å². The summed E-state index contributed by atoms with van der Waals surface area (Å²) in [5.74, 6) is -0.226. The highest BCUT2D eigenvalue weighted by atomic mass is 16.2. The molecule has 1 fully saturated rings. The van der Waals surface area contributed by atoms with E-state index in [1.165, 1.54) is 0 Å². The summed E-state index contributed by atoms with van der Waals surface area (Å²) in [6, 6.07) is 10.6. The first-order valence-electron chi connectivity index (χ1n) is 7.03. The lowest BCUT2D eigenvalue weighted by molar-refractivity contribution is 0.102. The summed E-state index contributed by atoms with van der Waals surface area (Å²) in [6.07, 6.45) is 1.54. The van der Waals surface area contributed by atoms with Crippen LogP contribution in [-0.2, 0) is 0 Å². The van der Waals surface area contributed by atoms with Crippen molar-refractivity contribution < 1.29 is 9.59 Å². The monoisotopic (exact) mass is 296 g/mol. The van der Waals surface area contributed by atoms with E-state index in [-0.39, 0.29) is 11.9 Å². The fourth-order valence-electron chi connectivity index (χ4n) is 2.27. The fraction of sp³-hybridized carbons (Fsp3) is 0.188. The van der Waals surface area contributed by atoms with Gasteiger partial charge in [0.05, 0.1) is 5.56 Å². The smallest absolute Gasteiger partial charge is 0.321 e. The van der Waals surface area contributed by atoms with Crippen molar-refractivity contribution in [1.29, 1.82) is 0 Å². The van der Waals surface area contributed by atoms with Crippen LogP contribution >= 0.6 is 0 Å². The molecule has 1 aromatic heterocycles. The van der Waals surface area contributed by atoms with Gasteiger partial charge in [-0.2, -0.15) is 0 Å². The summed E-state index contributed by atoms with van der Waals surface area (Å²) in [7, 11) is 0. The number of carbonyl (C=O) groups is 2. The van der Waals surface area contributed by atoms with Gasteiger partial charge in [-0.05, 0) is 37.3 Å². The van der Waals surface area contributed by atoms with Crippen LogP contribution in [0.25, 0.3) is 0 Å². The molecule has 6 nitrogen and oxygen atoms in total. The predicted molar refractivity (Wildman–Crippen MR) is 84.1 cm³/mol. The minimum Gasteiger partial charge on any atom is -0.336 e. The molecule has 1 aliphatic rings. The highest BCUT2D eigenvalue weighted by Gasteiger charge is 2.21. The number of anilines is 2. The van der Waals surface area contributed by atoms with Crippen LogP contribution in [0.3, 0.4) is 0 Å². The molecule has 2 heterocycles. The molecule has 0 spiro atoms. The third-order valence-corrected chi connectivity index (χ3v) is 3.45. The van der Waals surface area contributed by atoms with Crippen LogP contribution in [0.4, 0.5) is 16.2 Å². The minimum atomic E-state index is -0.226. The predicted octanol–water partition coefficient (Wildman–Crippen LogP) is 2.17. The molecule has 112 valence electrons. The minimum absolute atomic E-state index is 0.119. The molecule has 1 saturated heterocycles. The summed E-state index contributed by atoms with van der Waals surface area (Å²) >= 11 is 0. The van der Waals surface area contributed by atoms with E-state index in [0.717, 1.165) is 11.4 Å². The number of pyridine rings is 1. The Labute approximate surface area is 128 Å². The molecule has 1 aromatic carbocycles. The van der Waals surface area contributed by atoms with Crippen LogP contribution in [0.15, 0.2) is 42.6 Å². The van der Waals surface area contributed by atoms with E-state index in [1.807, 2.05) is 19.1 Å². The highest BCUT2D eigenvalue weighted by molar-refractivity contribution is 6.04. The van der Waals surface area contributed by atoms with Gasteiger partial charge in [-0.15, -0.1) is 0 Å². The van der Waals surface area contributed by atoms with Crippen LogP contribution < -0.4 is 15.5 Å². The van der Waals surface area contributed by atoms with E-state index < -0.39 is 0 Å². The Morgan fingerprint density at radius 1 is 1.32 bits per heavy atom. The summed E-state index contributed by atoms with van der Waals surface area (Å²) < 4.78 is 0. The van der Waals surface area contributed by atoms with E-state index in [2.05, 4.69) is 15.6 Å².